The fourth-order valence-electron chi connectivity index (χ4n) is 3.67. The van der Waals surface area contributed by atoms with Gasteiger partial charge in [0.15, 0.2) is 5.88 Å². The Bertz CT molecular complexity index is 1290. The Morgan fingerprint density at radius 2 is 1.76 bits per heavy atom. The summed E-state index contributed by atoms with van der Waals surface area (Å²) in [6.45, 7) is 5.03. The Kier molecular flexibility index (Phi) is 6.56. The van der Waals surface area contributed by atoms with Crippen molar-refractivity contribution in [1.29, 1.82) is 0 Å². The van der Waals surface area contributed by atoms with Gasteiger partial charge in [0.2, 0.25) is 0 Å². The van der Waals surface area contributed by atoms with E-state index in [1.54, 1.807) is 18.2 Å². The zero-order valence-corrected chi connectivity index (χ0v) is 18.9. The van der Waals surface area contributed by atoms with Crippen LogP contribution in [-0.2, 0) is 11.3 Å². The number of esters is 1. The number of hydrogen-bond acceptors (Lipinski definition) is 5. The van der Waals surface area contributed by atoms with Crippen LogP contribution in [-0.4, -0.2) is 34.9 Å². The Morgan fingerprint density at radius 1 is 1.03 bits per heavy atom. The molecule has 3 N–H and O–H groups in total. The Labute approximate surface area is 193 Å². The summed E-state index contributed by atoms with van der Waals surface area (Å²) in [5.74, 6) is -0.441. The van der Waals surface area contributed by atoms with E-state index in [0.29, 0.717) is 28.4 Å². The van der Waals surface area contributed by atoms with E-state index in [1.807, 2.05) is 42.5 Å². The predicted octanol–water partition coefficient (Wildman–Crippen LogP) is 5.33. The molecular formula is C27H27N3O3. The molecule has 0 atom stereocenters. The number of rotatable bonds is 7. The molecule has 33 heavy (non-hydrogen) atoms. The number of benzene rings is 3. The molecule has 6 heteroatoms. The number of methoxy groups -OCH3 is 1. The first-order valence-electron chi connectivity index (χ1n) is 10.9. The quantitative estimate of drug-likeness (QED) is 0.267. The molecule has 0 radical (unpaired) electrons. The number of aliphatic imine (C=N–C) groups is 1. The van der Waals surface area contributed by atoms with E-state index in [9.17, 15) is 9.90 Å². The molecule has 168 valence electrons. The average molecular weight is 442 g/mol. The van der Waals surface area contributed by atoms with Crippen LogP contribution in [0.2, 0.25) is 0 Å². The van der Waals surface area contributed by atoms with E-state index in [1.165, 1.54) is 12.7 Å². The molecule has 0 amide bonds. The molecule has 0 bridgehead atoms. The number of carbonyl (C=O) groups is 1. The number of nitrogens with zero attached hydrogens (tertiary/aromatic N) is 1. The maximum Gasteiger partial charge on any atom is 0.337 e. The highest BCUT2D eigenvalue weighted by atomic mass is 16.5. The molecule has 0 saturated heterocycles. The maximum absolute atomic E-state index is 11.9. The third-order valence-corrected chi connectivity index (χ3v) is 5.38. The lowest BCUT2D eigenvalue weighted by molar-refractivity contribution is 0.0601. The molecule has 0 unspecified atom stereocenters. The summed E-state index contributed by atoms with van der Waals surface area (Å²) >= 11 is 0. The standard InChI is InChI=1S/C27H27N3O3/c1-17(2)28-16-18-9-12-21(13-10-18)29-25(19-7-5-4-6-8-19)24-22-14-11-20(27(32)33-3)15-23(22)30-26(24)31/h4-15,17,28,30-31H,16H2,1-3H3. The zero-order valence-electron chi connectivity index (χ0n) is 18.9. The van der Waals surface area contributed by atoms with Crippen LogP contribution in [0.1, 0.15) is 40.9 Å². The number of aromatic nitrogens is 1. The fraction of sp³-hybridized carbons (Fsp3) is 0.185. The molecule has 0 aliphatic carbocycles. The summed E-state index contributed by atoms with van der Waals surface area (Å²) in [6, 6.07) is 23.3. The van der Waals surface area contributed by atoms with Crippen LogP contribution in [0.15, 0.2) is 77.8 Å². The second kappa shape index (κ2) is 9.71. The minimum absolute atomic E-state index is 0.00706. The Balaban J connectivity index is 1.80. The van der Waals surface area contributed by atoms with Gasteiger partial charge >= 0.3 is 5.97 Å². The third kappa shape index (κ3) is 4.96. The van der Waals surface area contributed by atoms with Gasteiger partial charge in [-0.25, -0.2) is 9.79 Å². The zero-order chi connectivity index (χ0) is 23.4. The lowest BCUT2D eigenvalue weighted by Gasteiger charge is -2.10. The highest BCUT2D eigenvalue weighted by Crippen LogP contribution is 2.32. The van der Waals surface area contributed by atoms with Crippen LogP contribution in [0, 0.1) is 0 Å². The first kappa shape index (κ1) is 22.3. The average Bonchev–Trinajstić information content (AvgIpc) is 3.16. The van der Waals surface area contributed by atoms with Gasteiger partial charge in [0.05, 0.1) is 29.6 Å². The first-order chi connectivity index (χ1) is 16.0. The molecule has 0 aliphatic heterocycles. The van der Waals surface area contributed by atoms with Gasteiger partial charge < -0.3 is 20.1 Å². The maximum atomic E-state index is 11.9. The highest BCUT2D eigenvalue weighted by molar-refractivity contribution is 6.22. The summed E-state index contributed by atoms with van der Waals surface area (Å²) in [4.78, 5) is 19.8. The lowest BCUT2D eigenvalue weighted by atomic mass is 10.00. The molecule has 1 aromatic heterocycles. The van der Waals surface area contributed by atoms with Crippen LogP contribution in [0.3, 0.4) is 0 Å². The summed E-state index contributed by atoms with van der Waals surface area (Å²) in [6.07, 6.45) is 0. The second-order valence-electron chi connectivity index (χ2n) is 8.13. The van der Waals surface area contributed by atoms with Crippen LogP contribution >= 0.6 is 0 Å². The van der Waals surface area contributed by atoms with Crippen molar-refractivity contribution in [1.82, 2.24) is 10.3 Å². The van der Waals surface area contributed by atoms with Crippen molar-refractivity contribution in [3.05, 3.63) is 95.1 Å². The van der Waals surface area contributed by atoms with E-state index in [-0.39, 0.29) is 5.88 Å². The molecular weight excluding hydrogens is 414 g/mol. The number of aromatic amines is 1. The van der Waals surface area contributed by atoms with Crippen LogP contribution < -0.4 is 5.32 Å². The van der Waals surface area contributed by atoms with Gasteiger partial charge in [0, 0.05) is 29.1 Å². The lowest BCUT2D eigenvalue weighted by Crippen LogP contribution is -2.21. The summed E-state index contributed by atoms with van der Waals surface area (Å²) in [7, 11) is 1.34. The monoisotopic (exact) mass is 441 g/mol. The summed E-state index contributed by atoms with van der Waals surface area (Å²) in [5, 5.41) is 15.0. The highest BCUT2D eigenvalue weighted by Gasteiger charge is 2.20. The van der Waals surface area contributed by atoms with Crippen LogP contribution in [0.25, 0.3) is 10.9 Å². The number of hydrogen-bond donors (Lipinski definition) is 3. The topological polar surface area (TPSA) is 86.7 Å². The normalized spacial score (nSPS) is 11.8. The molecule has 0 aliphatic rings. The molecule has 6 nitrogen and oxygen atoms in total. The molecule has 1 heterocycles. The molecule has 4 rings (SSSR count). The largest absolute Gasteiger partial charge is 0.494 e. The predicted molar refractivity (Wildman–Crippen MR) is 131 cm³/mol. The summed E-state index contributed by atoms with van der Waals surface area (Å²) < 4.78 is 4.81. The van der Waals surface area contributed by atoms with Crippen molar-refractivity contribution < 1.29 is 14.6 Å². The Hall–Kier alpha value is -3.90. The summed E-state index contributed by atoms with van der Waals surface area (Å²) in [5.41, 5.74) is 5.08. The molecule has 4 aromatic rings. The van der Waals surface area contributed by atoms with E-state index in [4.69, 9.17) is 9.73 Å². The van der Waals surface area contributed by atoms with E-state index in [0.717, 1.165) is 23.2 Å². The fourth-order valence-corrected chi connectivity index (χ4v) is 3.67. The number of aromatic hydroxyl groups is 1. The SMILES string of the molecule is COC(=O)c1ccc2c(C(=Nc3ccc(CNC(C)C)cc3)c3ccccc3)c(O)[nH]c2c1. The van der Waals surface area contributed by atoms with Crippen molar-refractivity contribution >= 4 is 28.3 Å². The number of ether oxygens (including phenoxy) is 1. The van der Waals surface area contributed by atoms with Crippen molar-refractivity contribution in [2.24, 2.45) is 4.99 Å². The van der Waals surface area contributed by atoms with Gasteiger partial charge in [-0.15, -0.1) is 0 Å². The van der Waals surface area contributed by atoms with Crippen LogP contribution in [0.5, 0.6) is 5.88 Å². The number of carbonyl (C=O) groups excluding carboxylic acids is 1. The smallest absolute Gasteiger partial charge is 0.337 e. The first-order valence-corrected chi connectivity index (χ1v) is 10.9. The number of nitrogens with one attached hydrogen (secondary N) is 2. The van der Waals surface area contributed by atoms with Gasteiger partial charge in [-0.05, 0) is 29.8 Å². The van der Waals surface area contributed by atoms with E-state index in [2.05, 4.69) is 36.3 Å². The molecule has 0 spiro atoms. The van der Waals surface area contributed by atoms with Gasteiger partial charge in [-0.3, -0.25) is 0 Å². The van der Waals surface area contributed by atoms with Gasteiger partial charge in [0.25, 0.3) is 0 Å². The minimum Gasteiger partial charge on any atom is -0.494 e. The molecule has 0 fully saturated rings. The number of fused-ring (bicyclic) bond motifs is 1. The molecule has 0 saturated carbocycles. The van der Waals surface area contributed by atoms with Crippen molar-refractivity contribution in [3.8, 4) is 5.88 Å². The van der Waals surface area contributed by atoms with E-state index >= 15 is 0 Å². The van der Waals surface area contributed by atoms with Crippen molar-refractivity contribution in [3.63, 3.8) is 0 Å². The van der Waals surface area contributed by atoms with Crippen molar-refractivity contribution in [2.45, 2.75) is 26.4 Å². The molecule has 3 aromatic carbocycles. The second-order valence-corrected chi connectivity index (χ2v) is 8.13. The number of H-pyrrole nitrogens is 1. The van der Waals surface area contributed by atoms with Gasteiger partial charge in [0.1, 0.15) is 0 Å². The third-order valence-electron chi connectivity index (χ3n) is 5.38. The van der Waals surface area contributed by atoms with Gasteiger partial charge in [-0.1, -0.05) is 62.4 Å². The van der Waals surface area contributed by atoms with Gasteiger partial charge in [-0.2, -0.15) is 0 Å². The van der Waals surface area contributed by atoms with Crippen molar-refractivity contribution in [2.75, 3.05) is 7.11 Å². The van der Waals surface area contributed by atoms with E-state index < -0.39 is 5.97 Å². The van der Waals surface area contributed by atoms with Crippen LogP contribution in [0.4, 0.5) is 5.69 Å². The Morgan fingerprint density at radius 3 is 2.42 bits per heavy atom. The minimum atomic E-state index is -0.434.